The van der Waals surface area contributed by atoms with Gasteiger partial charge in [0.25, 0.3) is 0 Å². The van der Waals surface area contributed by atoms with Crippen LogP contribution in [0.1, 0.15) is 37.6 Å². The Kier molecular flexibility index (Phi) is 3.92. The smallest absolute Gasteiger partial charge is 0.183 e. The van der Waals surface area contributed by atoms with Crippen molar-refractivity contribution >= 4 is 0 Å². The molecule has 1 nitrogen and oxygen atoms in total. The van der Waals surface area contributed by atoms with Gasteiger partial charge in [-0.2, -0.15) is 4.57 Å². The lowest BCUT2D eigenvalue weighted by Gasteiger charge is -2.13. The van der Waals surface area contributed by atoms with Crippen LogP contribution < -0.4 is 4.57 Å². The van der Waals surface area contributed by atoms with E-state index in [4.69, 9.17) is 0 Å². The van der Waals surface area contributed by atoms with Gasteiger partial charge in [-0.1, -0.05) is 50.2 Å². The predicted octanol–water partition coefficient (Wildman–Crippen LogP) is 3.54. The number of pyridine rings is 1. The maximum absolute atomic E-state index is 2.40. The van der Waals surface area contributed by atoms with Gasteiger partial charge in [-0.25, -0.2) is 0 Å². The lowest BCUT2D eigenvalue weighted by Crippen LogP contribution is -2.43. The Morgan fingerprint density at radius 2 is 1.65 bits per heavy atom. The van der Waals surface area contributed by atoms with E-state index in [0.29, 0.717) is 6.04 Å². The zero-order valence-electron chi connectivity index (χ0n) is 10.6. The van der Waals surface area contributed by atoms with Crippen LogP contribution in [-0.2, 0) is 6.42 Å². The van der Waals surface area contributed by atoms with Crippen LogP contribution in [0, 0.1) is 0 Å². The Hall–Kier alpha value is -1.63. The van der Waals surface area contributed by atoms with E-state index < -0.39 is 0 Å². The standard InChI is InChI=1S/C16H20N/c1-3-15-12-8-9-13-17(15)16(4-2)14-10-6-5-7-11-14/h5-13,16H,3-4H2,1-2H3/q+1. The Labute approximate surface area is 104 Å². The summed E-state index contributed by atoms with van der Waals surface area (Å²) in [5.41, 5.74) is 2.78. The topological polar surface area (TPSA) is 3.88 Å². The van der Waals surface area contributed by atoms with Crippen molar-refractivity contribution in [3.8, 4) is 0 Å². The summed E-state index contributed by atoms with van der Waals surface area (Å²) < 4.78 is 2.40. The number of aromatic nitrogens is 1. The van der Waals surface area contributed by atoms with E-state index >= 15 is 0 Å². The Morgan fingerprint density at radius 3 is 2.29 bits per heavy atom. The second kappa shape index (κ2) is 5.62. The van der Waals surface area contributed by atoms with Crippen molar-refractivity contribution in [3.05, 3.63) is 66.0 Å². The molecule has 2 aromatic rings. The first-order valence-corrected chi connectivity index (χ1v) is 6.40. The van der Waals surface area contributed by atoms with E-state index in [0.717, 1.165) is 12.8 Å². The highest BCUT2D eigenvalue weighted by Gasteiger charge is 2.21. The van der Waals surface area contributed by atoms with Gasteiger partial charge >= 0.3 is 0 Å². The number of benzene rings is 1. The molecule has 1 aromatic carbocycles. The Bertz CT molecular complexity index is 462. The molecule has 0 N–H and O–H groups in total. The monoisotopic (exact) mass is 226 g/mol. The van der Waals surface area contributed by atoms with E-state index in [2.05, 4.69) is 73.1 Å². The van der Waals surface area contributed by atoms with Crippen LogP contribution >= 0.6 is 0 Å². The van der Waals surface area contributed by atoms with Gasteiger partial charge in [-0.05, 0) is 0 Å². The molecule has 0 radical (unpaired) electrons. The zero-order valence-corrected chi connectivity index (χ0v) is 10.6. The van der Waals surface area contributed by atoms with Gasteiger partial charge < -0.3 is 0 Å². The molecule has 1 unspecified atom stereocenters. The van der Waals surface area contributed by atoms with Crippen LogP contribution in [-0.4, -0.2) is 0 Å². The third-order valence-electron chi connectivity index (χ3n) is 3.25. The van der Waals surface area contributed by atoms with E-state index in [-0.39, 0.29) is 0 Å². The van der Waals surface area contributed by atoms with Gasteiger partial charge in [0, 0.05) is 30.5 Å². The van der Waals surface area contributed by atoms with Crippen molar-refractivity contribution in [2.45, 2.75) is 32.7 Å². The summed E-state index contributed by atoms with van der Waals surface area (Å²) in [6.45, 7) is 4.46. The van der Waals surface area contributed by atoms with Crippen LogP contribution in [0.15, 0.2) is 54.7 Å². The Balaban J connectivity index is 2.42. The van der Waals surface area contributed by atoms with Crippen LogP contribution in [0.5, 0.6) is 0 Å². The van der Waals surface area contributed by atoms with Crippen LogP contribution in [0.3, 0.4) is 0 Å². The highest BCUT2D eigenvalue weighted by Crippen LogP contribution is 2.16. The molecular weight excluding hydrogens is 206 g/mol. The molecule has 1 atom stereocenters. The first-order valence-electron chi connectivity index (χ1n) is 6.40. The SMILES string of the molecule is CCc1cccc[n+]1C(CC)c1ccccc1. The molecule has 0 amide bonds. The normalized spacial score (nSPS) is 12.4. The molecular formula is C16H20N+. The molecule has 1 heteroatoms. The quantitative estimate of drug-likeness (QED) is 0.702. The minimum absolute atomic E-state index is 0.451. The summed E-state index contributed by atoms with van der Waals surface area (Å²) >= 11 is 0. The highest BCUT2D eigenvalue weighted by molar-refractivity contribution is 5.17. The van der Waals surface area contributed by atoms with Crippen LogP contribution in [0.25, 0.3) is 0 Å². The minimum atomic E-state index is 0.451. The molecule has 2 rings (SSSR count). The number of hydrogen-bond acceptors (Lipinski definition) is 0. The molecule has 1 aromatic heterocycles. The number of rotatable bonds is 4. The average Bonchev–Trinajstić information content (AvgIpc) is 2.41. The number of hydrogen-bond donors (Lipinski definition) is 0. The third-order valence-corrected chi connectivity index (χ3v) is 3.25. The lowest BCUT2D eigenvalue weighted by atomic mass is 10.0. The summed E-state index contributed by atoms with van der Waals surface area (Å²) in [7, 11) is 0. The van der Waals surface area contributed by atoms with Crippen LogP contribution in [0.4, 0.5) is 0 Å². The highest BCUT2D eigenvalue weighted by atomic mass is 15.0. The first kappa shape index (κ1) is 11.8. The van der Waals surface area contributed by atoms with Gasteiger partial charge in [0.05, 0.1) is 0 Å². The van der Waals surface area contributed by atoms with Gasteiger partial charge in [-0.15, -0.1) is 0 Å². The fourth-order valence-electron chi connectivity index (χ4n) is 2.36. The predicted molar refractivity (Wildman–Crippen MR) is 70.9 cm³/mol. The molecule has 0 saturated carbocycles. The van der Waals surface area contributed by atoms with E-state index in [1.807, 2.05) is 0 Å². The minimum Gasteiger partial charge on any atom is -0.195 e. The molecule has 0 saturated heterocycles. The van der Waals surface area contributed by atoms with Gasteiger partial charge in [0.2, 0.25) is 0 Å². The van der Waals surface area contributed by atoms with Crippen molar-refractivity contribution in [1.29, 1.82) is 0 Å². The molecule has 0 fully saturated rings. The van der Waals surface area contributed by atoms with Crippen molar-refractivity contribution in [2.75, 3.05) is 0 Å². The molecule has 0 spiro atoms. The average molecular weight is 226 g/mol. The summed E-state index contributed by atoms with van der Waals surface area (Å²) in [4.78, 5) is 0. The molecule has 0 aliphatic rings. The van der Waals surface area contributed by atoms with E-state index in [1.165, 1.54) is 11.3 Å². The van der Waals surface area contributed by atoms with E-state index in [1.54, 1.807) is 0 Å². The van der Waals surface area contributed by atoms with Gasteiger partial charge in [-0.3, -0.25) is 0 Å². The maximum Gasteiger partial charge on any atom is 0.183 e. The second-order valence-electron chi connectivity index (χ2n) is 4.29. The Morgan fingerprint density at radius 1 is 0.941 bits per heavy atom. The molecule has 0 aliphatic heterocycles. The lowest BCUT2D eigenvalue weighted by molar-refractivity contribution is -0.720. The largest absolute Gasteiger partial charge is 0.195 e. The van der Waals surface area contributed by atoms with Crippen molar-refractivity contribution in [2.24, 2.45) is 0 Å². The third kappa shape index (κ3) is 2.55. The molecule has 0 bridgehead atoms. The molecule has 88 valence electrons. The molecule has 0 aliphatic carbocycles. The summed E-state index contributed by atoms with van der Waals surface area (Å²) in [6.07, 6.45) is 4.38. The van der Waals surface area contributed by atoms with Crippen LogP contribution in [0.2, 0.25) is 0 Å². The van der Waals surface area contributed by atoms with Crippen molar-refractivity contribution in [1.82, 2.24) is 0 Å². The number of nitrogens with zero attached hydrogens (tertiary/aromatic N) is 1. The maximum atomic E-state index is 2.40. The first-order chi connectivity index (χ1) is 8.36. The molecule has 1 heterocycles. The molecule has 17 heavy (non-hydrogen) atoms. The van der Waals surface area contributed by atoms with Gasteiger partial charge in [0.1, 0.15) is 0 Å². The summed E-state index contributed by atoms with van der Waals surface area (Å²) in [6, 6.07) is 17.6. The fourth-order valence-corrected chi connectivity index (χ4v) is 2.36. The zero-order chi connectivity index (χ0) is 12.1. The second-order valence-corrected chi connectivity index (χ2v) is 4.29. The fraction of sp³-hybridized carbons (Fsp3) is 0.312. The van der Waals surface area contributed by atoms with Gasteiger partial charge in [0.15, 0.2) is 17.9 Å². The van der Waals surface area contributed by atoms with Crippen molar-refractivity contribution < 1.29 is 4.57 Å². The number of aryl methyl sites for hydroxylation is 1. The summed E-state index contributed by atoms with van der Waals surface area (Å²) in [5.74, 6) is 0. The van der Waals surface area contributed by atoms with E-state index in [9.17, 15) is 0 Å². The van der Waals surface area contributed by atoms with Crippen molar-refractivity contribution in [3.63, 3.8) is 0 Å². The summed E-state index contributed by atoms with van der Waals surface area (Å²) in [5, 5.41) is 0.